The van der Waals surface area contributed by atoms with Crippen molar-refractivity contribution in [3.63, 3.8) is 0 Å². The van der Waals surface area contributed by atoms with Crippen molar-refractivity contribution in [3.8, 4) is 22.5 Å². The van der Waals surface area contributed by atoms with Crippen molar-refractivity contribution in [3.05, 3.63) is 72.7 Å². The fourth-order valence-electron chi connectivity index (χ4n) is 9.54. The van der Waals surface area contributed by atoms with Gasteiger partial charge in [-0.3, -0.25) is 38.6 Å². The molecule has 342 valence electrons. The topological polar surface area (TPSA) is 173 Å². The van der Waals surface area contributed by atoms with Gasteiger partial charge >= 0.3 is 5.97 Å². The number of fused-ring (bicyclic) bond motifs is 6. The van der Waals surface area contributed by atoms with Crippen molar-refractivity contribution in [1.82, 2.24) is 44.9 Å². The molecule has 16 nitrogen and oxygen atoms in total. The van der Waals surface area contributed by atoms with Crippen molar-refractivity contribution in [2.24, 2.45) is 17.3 Å². The molecule has 2 saturated heterocycles. The Morgan fingerprint density at radius 2 is 1.89 bits per heavy atom. The van der Waals surface area contributed by atoms with Crippen LogP contribution in [0.1, 0.15) is 78.2 Å². The van der Waals surface area contributed by atoms with Crippen molar-refractivity contribution in [1.29, 1.82) is 0 Å². The predicted octanol–water partition coefficient (Wildman–Crippen LogP) is 4.92. The van der Waals surface area contributed by atoms with E-state index in [-0.39, 0.29) is 43.5 Å². The summed E-state index contributed by atoms with van der Waals surface area (Å²) in [6.45, 7) is 17.3. The summed E-state index contributed by atoms with van der Waals surface area (Å²) < 4.78 is 15.8. The van der Waals surface area contributed by atoms with E-state index in [4.69, 9.17) is 19.6 Å². The molecule has 1 aromatic carbocycles. The second kappa shape index (κ2) is 19.1. The lowest BCUT2D eigenvalue weighted by Crippen LogP contribution is -2.62. The number of cyclic esters (lactones) is 1. The molecule has 0 saturated carbocycles. The molecular weight excluding hydrogens is 815 g/mol. The van der Waals surface area contributed by atoms with Gasteiger partial charge in [-0.05, 0) is 87.4 Å². The van der Waals surface area contributed by atoms with Crippen LogP contribution >= 0.6 is 0 Å². The molecule has 3 aromatic heterocycles. The summed E-state index contributed by atoms with van der Waals surface area (Å²) in [5, 5.41) is 10.4. The molecule has 2 fully saturated rings. The van der Waals surface area contributed by atoms with Gasteiger partial charge in [-0.2, -0.15) is 5.10 Å². The van der Waals surface area contributed by atoms with Crippen molar-refractivity contribution < 1.29 is 33.4 Å². The number of carbonyl (C=O) groups excluding carboxylic acids is 5. The zero-order chi connectivity index (χ0) is 46.0. The van der Waals surface area contributed by atoms with Crippen LogP contribution in [0.5, 0.6) is 0 Å². The molecule has 3 aliphatic heterocycles. The summed E-state index contributed by atoms with van der Waals surface area (Å²) in [6, 6.07) is 9.38. The van der Waals surface area contributed by atoms with Gasteiger partial charge in [-0.25, -0.2) is 5.43 Å². The first-order valence-corrected chi connectivity index (χ1v) is 22.4. The summed E-state index contributed by atoms with van der Waals surface area (Å²) in [5.74, 6) is -2.71. The molecule has 16 heteroatoms. The lowest BCUT2D eigenvalue weighted by Gasteiger charge is -2.37. The molecule has 7 rings (SSSR count). The van der Waals surface area contributed by atoms with Crippen LogP contribution in [0.3, 0.4) is 0 Å². The van der Waals surface area contributed by atoms with Crippen molar-refractivity contribution >= 4 is 40.5 Å². The van der Waals surface area contributed by atoms with Gasteiger partial charge in [0.2, 0.25) is 17.7 Å². The average molecular weight is 878 g/mol. The number of hydrogen-bond acceptors (Lipinski definition) is 10. The van der Waals surface area contributed by atoms with Crippen LogP contribution in [0.15, 0.2) is 61.4 Å². The highest BCUT2D eigenvalue weighted by Crippen LogP contribution is 2.41. The Labute approximate surface area is 375 Å². The van der Waals surface area contributed by atoms with Gasteiger partial charge in [0.25, 0.3) is 5.91 Å². The summed E-state index contributed by atoms with van der Waals surface area (Å²) in [7, 11) is 3.27. The van der Waals surface area contributed by atoms with E-state index in [1.807, 2.05) is 39.0 Å². The van der Waals surface area contributed by atoms with Gasteiger partial charge in [-0.15, -0.1) is 0 Å². The molecule has 0 spiro atoms. The molecular formula is C48H63N9O7. The quantitative estimate of drug-likeness (QED) is 0.165. The Morgan fingerprint density at radius 1 is 1.11 bits per heavy atom. The van der Waals surface area contributed by atoms with E-state index in [9.17, 15) is 24.0 Å². The number of ether oxygens (including phenoxy) is 2. The van der Waals surface area contributed by atoms with Crippen LogP contribution in [0, 0.1) is 17.3 Å². The Bertz CT molecular complexity index is 2420. The Morgan fingerprint density at radius 3 is 2.61 bits per heavy atom. The number of amides is 4. The Balaban J connectivity index is 1.27. The Hall–Kier alpha value is -5.87. The molecule has 4 aromatic rings. The van der Waals surface area contributed by atoms with Crippen LogP contribution in [0.4, 0.5) is 0 Å². The number of carbonyl (C=O) groups is 5. The fraction of sp³-hybridized carbons (Fsp3) is 0.521. The fourth-order valence-corrected chi connectivity index (χ4v) is 9.54. The highest BCUT2D eigenvalue weighted by atomic mass is 16.5. The van der Waals surface area contributed by atoms with E-state index >= 15 is 0 Å². The van der Waals surface area contributed by atoms with Crippen LogP contribution in [-0.4, -0.2) is 122 Å². The minimum Gasteiger partial charge on any atom is -0.464 e. The van der Waals surface area contributed by atoms with Gasteiger partial charge in [-0.1, -0.05) is 40.3 Å². The number of methoxy groups -OCH3 is 1. The minimum atomic E-state index is -1.13. The second-order valence-electron chi connectivity index (χ2n) is 18.5. The first-order chi connectivity index (χ1) is 30.5. The standard InChI is InChI=1S/C48H63N9O7/c1-10-40(58)54-22-18-32(26-54)45(60)53(8)42(29(3)4)44(59)50-38-27-55-23-19-36(51-55)31-16-17-39-34(24-31)35(43(56(39)11-2)33-14-12-20-49-41(33)30(5)63-9)25-48(6,7)28-64-47(62)37-15-13-21-57(52-37)46(38)61/h10,12,14,16-17,19-20,23-24,29-30,32,37-38,42,52H,1,11,13,15,18,21-22,25-28H2,2-9H3,(H,50,59)/t30-,32-,37-,38-,42?/m0/s1. The highest BCUT2D eigenvalue weighted by Gasteiger charge is 2.40. The number of pyridine rings is 1. The molecule has 2 N–H and O–H groups in total. The predicted molar refractivity (Wildman–Crippen MR) is 242 cm³/mol. The number of esters is 1. The zero-order valence-electron chi connectivity index (χ0n) is 38.4. The lowest BCUT2D eigenvalue weighted by molar-refractivity contribution is -0.155. The van der Waals surface area contributed by atoms with Crippen LogP contribution in [0.2, 0.25) is 0 Å². The lowest BCUT2D eigenvalue weighted by atomic mass is 9.84. The number of benzene rings is 1. The van der Waals surface area contributed by atoms with Crippen molar-refractivity contribution in [2.45, 2.75) is 105 Å². The molecule has 1 unspecified atom stereocenters. The van der Waals surface area contributed by atoms with Crippen LogP contribution in [-0.2, 0) is 53.0 Å². The van der Waals surface area contributed by atoms with Gasteiger partial charge in [0.05, 0.1) is 42.3 Å². The zero-order valence-corrected chi connectivity index (χ0v) is 38.4. The molecule has 5 atom stereocenters. The maximum Gasteiger partial charge on any atom is 0.324 e. The first-order valence-electron chi connectivity index (χ1n) is 22.4. The number of aromatic nitrogens is 4. The average Bonchev–Trinajstić information content (AvgIpc) is 4.05. The number of nitrogens with one attached hydrogen (secondary N) is 2. The number of likely N-dealkylation sites (N-methyl/N-ethyl adjacent to an activating group) is 1. The van der Waals surface area contributed by atoms with Crippen LogP contribution < -0.4 is 10.7 Å². The molecule has 64 heavy (non-hydrogen) atoms. The van der Waals surface area contributed by atoms with E-state index < -0.39 is 47.2 Å². The van der Waals surface area contributed by atoms with E-state index in [1.54, 1.807) is 36.1 Å². The van der Waals surface area contributed by atoms with E-state index in [0.29, 0.717) is 51.0 Å². The third kappa shape index (κ3) is 9.34. The highest BCUT2D eigenvalue weighted by molar-refractivity contribution is 5.96. The van der Waals surface area contributed by atoms with Gasteiger partial charge in [0.15, 0.2) is 0 Å². The molecule has 0 aliphatic carbocycles. The second-order valence-corrected chi connectivity index (χ2v) is 18.5. The van der Waals surface area contributed by atoms with Crippen molar-refractivity contribution in [2.75, 3.05) is 40.4 Å². The molecule has 4 amide bonds. The summed E-state index contributed by atoms with van der Waals surface area (Å²) in [4.78, 5) is 76.8. The smallest absolute Gasteiger partial charge is 0.324 e. The largest absolute Gasteiger partial charge is 0.464 e. The number of likely N-dealkylation sites (tertiary alicyclic amines) is 1. The number of nitrogens with zero attached hydrogens (tertiary/aromatic N) is 7. The number of hydrazine groups is 1. The first kappa shape index (κ1) is 46.1. The third-order valence-electron chi connectivity index (χ3n) is 12.9. The summed E-state index contributed by atoms with van der Waals surface area (Å²) >= 11 is 0. The SMILES string of the molecule is C=CC(=O)N1CC[C@H](C(=O)N(C)C(C(=O)N[C@H]2Cn3ccc(n3)-c3ccc4c(c3)c(c(-c3cccnc3[C@H](C)OC)n4CC)CC(C)(C)COC(=O)[C@@H]3CCCN(N3)C2=O)C(C)C)C1. The number of aryl methyl sites for hydroxylation is 1. The normalized spacial score (nSPS) is 21.3. The van der Waals surface area contributed by atoms with E-state index in [1.165, 1.54) is 16.0 Å². The molecule has 0 radical (unpaired) electrons. The number of hydrogen-bond donors (Lipinski definition) is 2. The third-order valence-corrected chi connectivity index (χ3v) is 12.9. The van der Waals surface area contributed by atoms with Gasteiger partial charge in [0, 0.05) is 80.2 Å². The molecule has 3 aliphatic rings. The van der Waals surface area contributed by atoms with Gasteiger partial charge in [0.1, 0.15) is 18.1 Å². The monoisotopic (exact) mass is 877 g/mol. The van der Waals surface area contributed by atoms with Crippen LogP contribution in [0.25, 0.3) is 33.4 Å². The molecule has 6 heterocycles. The minimum absolute atomic E-state index is 0.0267. The Kier molecular flexibility index (Phi) is 13.8. The maximum absolute atomic E-state index is 14.6. The summed E-state index contributed by atoms with van der Waals surface area (Å²) in [5.41, 5.74) is 9.10. The summed E-state index contributed by atoms with van der Waals surface area (Å²) in [6.07, 6.45) is 6.58. The number of rotatable bonds is 10. The van der Waals surface area contributed by atoms with E-state index in [0.717, 1.165) is 39.0 Å². The van der Waals surface area contributed by atoms with E-state index in [2.05, 4.69) is 60.9 Å². The molecule has 6 bridgehead atoms. The van der Waals surface area contributed by atoms with Gasteiger partial charge < -0.3 is 29.2 Å². The maximum atomic E-state index is 14.6.